The first-order valence-electron chi connectivity index (χ1n) is 3.70. The molecular weight excluding hydrogens is 146 g/mol. The summed E-state index contributed by atoms with van der Waals surface area (Å²) in [4.78, 5) is 0. The maximum absolute atomic E-state index is 9.12. The van der Waals surface area contributed by atoms with Gasteiger partial charge < -0.3 is 19.9 Å². The van der Waals surface area contributed by atoms with Gasteiger partial charge in [0.15, 0.2) is 0 Å². The molecule has 0 aromatic rings. The number of aliphatic hydroxyl groups excluding tert-OH is 1. The van der Waals surface area contributed by atoms with Crippen LogP contribution in [-0.4, -0.2) is 51.7 Å². The maximum atomic E-state index is 9.12. The summed E-state index contributed by atoms with van der Waals surface area (Å²) in [5.41, 5.74) is 0. The molecule has 1 unspecified atom stereocenters. The van der Waals surface area contributed by atoms with Gasteiger partial charge in [-0.25, -0.2) is 0 Å². The van der Waals surface area contributed by atoms with Gasteiger partial charge in [0.2, 0.25) is 0 Å². The standard InChI is InChI=1S/C7H17NO3/c1-8-5-7(9)6-11-4-3-10-2/h7-9H,3-6H2,1-2H3. The molecule has 0 heterocycles. The van der Waals surface area contributed by atoms with E-state index in [9.17, 15) is 0 Å². The molecule has 0 aliphatic rings. The second-order valence-corrected chi connectivity index (χ2v) is 2.28. The van der Waals surface area contributed by atoms with Gasteiger partial charge in [-0.3, -0.25) is 0 Å². The summed E-state index contributed by atoms with van der Waals surface area (Å²) in [6.07, 6.45) is -0.420. The van der Waals surface area contributed by atoms with Crippen LogP contribution in [0, 0.1) is 0 Å². The first kappa shape index (κ1) is 10.8. The van der Waals surface area contributed by atoms with Crippen molar-refractivity contribution >= 4 is 0 Å². The van der Waals surface area contributed by atoms with E-state index in [1.54, 1.807) is 14.2 Å². The van der Waals surface area contributed by atoms with Gasteiger partial charge in [0, 0.05) is 13.7 Å². The Morgan fingerprint density at radius 3 is 2.73 bits per heavy atom. The van der Waals surface area contributed by atoms with Gasteiger partial charge in [-0.15, -0.1) is 0 Å². The van der Waals surface area contributed by atoms with E-state index in [2.05, 4.69) is 5.32 Å². The van der Waals surface area contributed by atoms with E-state index in [4.69, 9.17) is 14.6 Å². The van der Waals surface area contributed by atoms with Crippen LogP contribution in [0.15, 0.2) is 0 Å². The average Bonchev–Trinajstić information content (AvgIpc) is 1.99. The highest BCUT2D eigenvalue weighted by Crippen LogP contribution is 1.83. The van der Waals surface area contributed by atoms with E-state index in [0.29, 0.717) is 26.4 Å². The summed E-state index contributed by atoms with van der Waals surface area (Å²) in [5, 5.41) is 12.0. The summed E-state index contributed by atoms with van der Waals surface area (Å²) in [6, 6.07) is 0. The van der Waals surface area contributed by atoms with Gasteiger partial charge in [0.05, 0.1) is 25.9 Å². The minimum absolute atomic E-state index is 0.365. The third kappa shape index (κ3) is 7.74. The molecule has 0 saturated heterocycles. The third-order valence-electron chi connectivity index (χ3n) is 1.18. The zero-order valence-corrected chi connectivity index (χ0v) is 7.17. The van der Waals surface area contributed by atoms with Crippen molar-refractivity contribution in [3.05, 3.63) is 0 Å². The van der Waals surface area contributed by atoms with Crippen LogP contribution >= 0.6 is 0 Å². The molecule has 0 aliphatic carbocycles. The molecule has 11 heavy (non-hydrogen) atoms. The van der Waals surface area contributed by atoms with Crippen molar-refractivity contribution in [1.82, 2.24) is 5.32 Å². The highest BCUT2D eigenvalue weighted by molar-refractivity contribution is 4.54. The quantitative estimate of drug-likeness (QED) is 0.484. The van der Waals surface area contributed by atoms with Gasteiger partial charge in [-0.05, 0) is 7.05 Å². The van der Waals surface area contributed by atoms with Crippen LogP contribution in [0.3, 0.4) is 0 Å². The number of nitrogens with one attached hydrogen (secondary N) is 1. The number of ether oxygens (including phenoxy) is 2. The van der Waals surface area contributed by atoms with E-state index in [-0.39, 0.29) is 0 Å². The zero-order valence-electron chi connectivity index (χ0n) is 7.17. The van der Waals surface area contributed by atoms with E-state index in [1.807, 2.05) is 0 Å². The highest BCUT2D eigenvalue weighted by atomic mass is 16.5. The van der Waals surface area contributed by atoms with Crippen molar-refractivity contribution in [3.63, 3.8) is 0 Å². The zero-order chi connectivity index (χ0) is 8.53. The van der Waals surface area contributed by atoms with Gasteiger partial charge >= 0.3 is 0 Å². The lowest BCUT2D eigenvalue weighted by Gasteiger charge is -2.09. The average molecular weight is 163 g/mol. The van der Waals surface area contributed by atoms with E-state index >= 15 is 0 Å². The number of rotatable bonds is 7. The minimum Gasteiger partial charge on any atom is -0.389 e. The fourth-order valence-electron chi connectivity index (χ4n) is 0.656. The van der Waals surface area contributed by atoms with Gasteiger partial charge in [-0.2, -0.15) is 0 Å². The van der Waals surface area contributed by atoms with Crippen LogP contribution < -0.4 is 5.32 Å². The first-order chi connectivity index (χ1) is 5.31. The van der Waals surface area contributed by atoms with Gasteiger partial charge in [-0.1, -0.05) is 0 Å². The molecule has 0 aliphatic heterocycles. The molecule has 0 rings (SSSR count). The van der Waals surface area contributed by atoms with Gasteiger partial charge in [0.1, 0.15) is 0 Å². The maximum Gasteiger partial charge on any atom is 0.0897 e. The molecule has 0 spiro atoms. The molecule has 4 nitrogen and oxygen atoms in total. The lowest BCUT2D eigenvalue weighted by atomic mass is 10.4. The molecule has 0 aromatic carbocycles. The lowest BCUT2D eigenvalue weighted by Crippen LogP contribution is -2.28. The molecule has 4 heteroatoms. The van der Waals surface area contributed by atoms with Gasteiger partial charge in [0.25, 0.3) is 0 Å². The summed E-state index contributed by atoms with van der Waals surface area (Å²) >= 11 is 0. The Labute approximate surface area is 67.5 Å². The van der Waals surface area contributed by atoms with Crippen LogP contribution in [0.5, 0.6) is 0 Å². The number of methoxy groups -OCH3 is 1. The Balaban J connectivity index is 2.97. The van der Waals surface area contributed by atoms with E-state index < -0.39 is 6.10 Å². The number of likely N-dealkylation sites (N-methyl/N-ethyl adjacent to an activating group) is 1. The van der Waals surface area contributed by atoms with Crippen molar-refractivity contribution < 1.29 is 14.6 Å². The molecule has 0 amide bonds. The predicted octanol–water partition coefficient (Wildman–Crippen LogP) is -0.770. The topological polar surface area (TPSA) is 50.7 Å². The number of hydrogen-bond acceptors (Lipinski definition) is 4. The molecule has 0 saturated carbocycles. The molecule has 0 aromatic heterocycles. The number of hydrogen-bond donors (Lipinski definition) is 2. The van der Waals surface area contributed by atoms with E-state index in [1.165, 1.54) is 0 Å². The predicted molar refractivity (Wildman–Crippen MR) is 42.6 cm³/mol. The smallest absolute Gasteiger partial charge is 0.0897 e. The van der Waals surface area contributed by atoms with Crippen LogP contribution in [0.4, 0.5) is 0 Å². The lowest BCUT2D eigenvalue weighted by molar-refractivity contribution is 0.0144. The first-order valence-corrected chi connectivity index (χ1v) is 3.70. The molecular formula is C7H17NO3. The van der Waals surface area contributed by atoms with Crippen LogP contribution in [0.25, 0.3) is 0 Å². The molecule has 0 fully saturated rings. The molecule has 2 N–H and O–H groups in total. The monoisotopic (exact) mass is 163 g/mol. The fraction of sp³-hybridized carbons (Fsp3) is 1.00. The van der Waals surface area contributed by atoms with Crippen molar-refractivity contribution in [3.8, 4) is 0 Å². The van der Waals surface area contributed by atoms with Crippen LogP contribution in [-0.2, 0) is 9.47 Å². The summed E-state index contributed by atoms with van der Waals surface area (Å²) in [5.74, 6) is 0. The normalized spacial score (nSPS) is 13.4. The summed E-state index contributed by atoms with van der Waals surface area (Å²) < 4.78 is 9.83. The molecule has 68 valence electrons. The van der Waals surface area contributed by atoms with Crippen molar-refractivity contribution in [1.29, 1.82) is 0 Å². The highest BCUT2D eigenvalue weighted by Gasteiger charge is 2.00. The molecule has 1 atom stereocenters. The second-order valence-electron chi connectivity index (χ2n) is 2.28. The fourth-order valence-corrected chi connectivity index (χ4v) is 0.656. The Morgan fingerprint density at radius 2 is 2.18 bits per heavy atom. The Morgan fingerprint density at radius 1 is 1.45 bits per heavy atom. The third-order valence-corrected chi connectivity index (χ3v) is 1.18. The molecule has 0 radical (unpaired) electrons. The van der Waals surface area contributed by atoms with Crippen LogP contribution in [0.1, 0.15) is 0 Å². The van der Waals surface area contributed by atoms with Crippen molar-refractivity contribution in [2.75, 3.05) is 40.5 Å². The Kier molecular flexibility index (Phi) is 7.83. The van der Waals surface area contributed by atoms with E-state index in [0.717, 1.165) is 0 Å². The van der Waals surface area contributed by atoms with Crippen molar-refractivity contribution in [2.45, 2.75) is 6.10 Å². The molecule has 0 bridgehead atoms. The Hall–Kier alpha value is -0.160. The minimum atomic E-state index is -0.420. The Bertz CT molecular complexity index is 80.1. The summed E-state index contributed by atoms with van der Waals surface area (Å²) in [6.45, 7) is 2.04. The summed E-state index contributed by atoms with van der Waals surface area (Å²) in [7, 11) is 3.41. The largest absolute Gasteiger partial charge is 0.389 e. The van der Waals surface area contributed by atoms with Crippen molar-refractivity contribution in [2.24, 2.45) is 0 Å². The SMILES string of the molecule is CNCC(O)COCCOC. The van der Waals surface area contributed by atoms with Crippen LogP contribution in [0.2, 0.25) is 0 Å². The second kappa shape index (κ2) is 7.94. The number of aliphatic hydroxyl groups is 1.